The number of carbonyl (C=O) groups excluding carboxylic acids is 1. The van der Waals surface area contributed by atoms with Crippen LogP contribution < -0.4 is 5.32 Å². The molecule has 4 nitrogen and oxygen atoms in total. The Morgan fingerprint density at radius 1 is 1.14 bits per heavy atom. The van der Waals surface area contributed by atoms with Crippen molar-refractivity contribution in [3.8, 4) is 0 Å². The SMILES string of the molecule is CCOC(=O)[C@](C)(O)[C@@H](Nc1ccccc1)c1ccccc1. The lowest BCUT2D eigenvalue weighted by atomic mass is 9.89. The molecule has 0 amide bonds. The summed E-state index contributed by atoms with van der Waals surface area (Å²) in [5.74, 6) is -0.646. The predicted octanol–water partition coefficient (Wildman–Crippen LogP) is 3.15. The number of nitrogens with one attached hydrogen (secondary N) is 1. The van der Waals surface area contributed by atoms with Gasteiger partial charge in [-0.05, 0) is 31.5 Å². The standard InChI is InChI=1S/C18H21NO3/c1-3-22-17(20)18(2,21)16(14-10-6-4-7-11-14)19-15-12-8-5-9-13-15/h4-13,16,19,21H,3H2,1-2H3/t16-,18+/m0/s1. The van der Waals surface area contributed by atoms with Crippen LogP contribution in [0, 0.1) is 0 Å². The second-order valence-electron chi connectivity index (χ2n) is 5.22. The Hall–Kier alpha value is -2.33. The van der Waals surface area contributed by atoms with Crippen LogP contribution in [0.2, 0.25) is 0 Å². The molecule has 0 saturated heterocycles. The largest absolute Gasteiger partial charge is 0.464 e. The van der Waals surface area contributed by atoms with E-state index in [1.165, 1.54) is 6.92 Å². The molecule has 0 bridgehead atoms. The van der Waals surface area contributed by atoms with Gasteiger partial charge < -0.3 is 15.2 Å². The van der Waals surface area contributed by atoms with Gasteiger partial charge in [-0.1, -0.05) is 48.5 Å². The normalized spacial score (nSPS) is 14.7. The molecule has 4 heteroatoms. The highest BCUT2D eigenvalue weighted by molar-refractivity contribution is 5.81. The monoisotopic (exact) mass is 299 g/mol. The van der Waals surface area contributed by atoms with E-state index in [-0.39, 0.29) is 6.61 Å². The number of carbonyl (C=O) groups is 1. The van der Waals surface area contributed by atoms with Crippen LogP contribution >= 0.6 is 0 Å². The number of ether oxygens (including phenoxy) is 1. The minimum atomic E-state index is -1.69. The number of benzene rings is 2. The molecule has 22 heavy (non-hydrogen) atoms. The lowest BCUT2D eigenvalue weighted by molar-refractivity contribution is -0.164. The number of hydrogen-bond donors (Lipinski definition) is 2. The van der Waals surface area contributed by atoms with Crippen molar-refractivity contribution >= 4 is 11.7 Å². The summed E-state index contributed by atoms with van der Waals surface area (Å²) in [4.78, 5) is 12.2. The van der Waals surface area contributed by atoms with Crippen molar-refractivity contribution in [3.63, 3.8) is 0 Å². The van der Waals surface area contributed by atoms with Crippen molar-refractivity contribution < 1.29 is 14.6 Å². The van der Waals surface area contributed by atoms with Crippen molar-refractivity contribution in [1.29, 1.82) is 0 Å². The lowest BCUT2D eigenvalue weighted by Gasteiger charge is -2.32. The molecule has 116 valence electrons. The van der Waals surface area contributed by atoms with Crippen LogP contribution in [0.1, 0.15) is 25.5 Å². The van der Waals surface area contributed by atoms with Crippen molar-refractivity contribution in [2.45, 2.75) is 25.5 Å². The molecule has 2 aromatic carbocycles. The molecule has 0 heterocycles. The Balaban J connectivity index is 2.35. The fourth-order valence-electron chi connectivity index (χ4n) is 2.29. The maximum absolute atomic E-state index is 12.2. The Labute approximate surface area is 130 Å². The number of esters is 1. The summed E-state index contributed by atoms with van der Waals surface area (Å²) in [6.45, 7) is 3.41. The van der Waals surface area contributed by atoms with Crippen LogP contribution in [0.5, 0.6) is 0 Å². The zero-order chi connectivity index (χ0) is 16.0. The Morgan fingerprint density at radius 2 is 1.68 bits per heavy atom. The van der Waals surface area contributed by atoms with Crippen molar-refractivity contribution in [3.05, 3.63) is 66.2 Å². The molecule has 2 aromatic rings. The Morgan fingerprint density at radius 3 is 2.23 bits per heavy atom. The first-order valence-corrected chi connectivity index (χ1v) is 7.32. The van der Waals surface area contributed by atoms with Crippen LogP contribution in [0.3, 0.4) is 0 Å². The predicted molar refractivity (Wildman–Crippen MR) is 86.5 cm³/mol. The molecule has 0 aromatic heterocycles. The molecular formula is C18H21NO3. The zero-order valence-corrected chi connectivity index (χ0v) is 12.8. The average molecular weight is 299 g/mol. The van der Waals surface area contributed by atoms with Gasteiger partial charge in [-0.3, -0.25) is 0 Å². The van der Waals surface area contributed by atoms with Crippen LogP contribution in [0.25, 0.3) is 0 Å². The first-order chi connectivity index (χ1) is 10.6. The highest BCUT2D eigenvalue weighted by Gasteiger charge is 2.41. The zero-order valence-electron chi connectivity index (χ0n) is 12.8. The van der Waals surface area contributed by atoms with Gasteiger partial charge in [-0.15, -0.1) is 0 Å². The number of rotatable bonds is 6. The van der Waals surface area contributed by atoms with Gasteiger partial charge in [0.05, 0.1) is 12.6 Å². The van der Waals surface area contributed by atoms with Crippen LogP contribution in [0.15, 0.2) is 60.7 Å². The van der Waals surface area contributed by atoms with E-state index in [9.17, 15) is 9.90 Å². The van der Waals surface area contributed by atoms with E-state index in [1.54, 1.807) is 6.92 Å². The number of para-hydroxylation sites is 1. The van der Waals surface area contributed by atoms with Crippen LogP contribution in [-0.4, -0.2) is 23.3 Å². The quantitative estimate of drug-likeness (QED) is 0.805. The summed E-state index contributed by atoms with van der Waals surface area (Å²) < 4.78 is 5.02. The van der Waals surface area contributed by atoms with Gasteiger partial charge in [0.25, 0.3) is 0 Å². The third-order valence-corrected chi connectivity index (χ3v) is 3.47. The molecular weight excluding hydrogens is 278 g/mol. The summed E-state index contributed by atoms with van der Waals surface area (Å²) >= 11 is 0. The summed E-state index contributed by atoms with van der Waals surface area (Å²) in [7, 11) is 0. The molecule has 0 aliphatic heterocycles. The van der Waals surface area contributed by atoms with E-state index in [0.29, 0.717) is 0 Å². The maximum atomic E-state index is 12.2. The minimum Gasteiger partial charge on any atom is -0.464 e. The van der Waals surface area contributed by atoms with Gasteiger partial charge in [-0.2, -0.15) is 0 Å². The Kier molecular flexibility index (Phi) is 5.17. The topological polar surface area (TPSA) is 58.6 Å². The third-order valence-electron chi connectivity index (χ3n) is 3.47. The summed E-state index contributed by atoms with van der Waals surface area (Å²) in [5, 5.41) is 14.0. The van der Waals surface area contributed by atoms with Crippen LogP contribution in [0.4, 0.5) is 5.69 Å². The van der Waals surface area contributed by atoms with Gasteiger partial charge in [0, 0.05) is 5.69 Å². The van der Waals surface area contributed by atoms with Gasteiger partial charge >= 0.3 is 5.97 Å². The fraction of sp³-hybridized carbons (Fsp3) is 0.278. The molecule has 0 fully saturated rings. The van der Waals surface area contributed by atoms with Crippen molar-refractivity contribution in [2.75, 3.05) is 11.9 Å². The molecule has 2 rings (SSSR count). The summed E-state index contributed by atoms with van der Waals surface area (Å²) in [6.07, 6.45) is 0. The molecule has 0 aliphatic rings. The van der Waals surface area contributed by atoms with E-state index >= 15 is 0 Å². The summed E-state index contributed by atoms with van der Waals surface area (Å²) in [5.41, 5.74) is -0.0574. The summed E-state index contributed by atoms with van der Waals surface area (Å²) in [6, 6.07) is 18.2. The highest BCUT2D eigenvalue weighted by atomic mass is 16.5. The smallest absolute Gasteiger partial charge is 0.340 e. The molecule has 0 aliphatic carbocycles. The molecule has 2 atom stereocenters. The molecule has 2 N–H and O–H groups in total. The van der Waals surface area contributed by atoms with E-state index in [1.807, 2.05) is 60.7 Å². The molecule has 0 radical (unpaired) electrons. The number of anilines is 1. The number of aliphatic hydroxyl groups is 1. The Bertz CT molecular complexity index is 596. The van der Waals surface area contributed by atoms with Gasteiger partial charge in [0.1, 0.15) is 0 Å². The van der Waals surface area contributed by atoms with Crippen LogP contribution in [-0.2, 0) is 9.53 Å². The van der Waals surface area contributed by atoms with Gasteiger partial charge in [-0.25, -0.2) is 4.79 Å². The van der Waals surface area contributed by atoms with E-state index in [2.05, 4.69) is 5.32 Å². The van der Waals surface area contributed by atoms with E-state index in [4.69, 9.17) is 4.74 Å². The molecule has 0 unspecified atom stereocenters. The minimum absolute atomic E-state index is 0.224. The van der Waals surface area contributed by atoms with Gasteiger partial charge in [0.2, 0.25) is 0 Å². The van der Waals surface area contributed by atoms with Crippen molar-refractivity contribution in [2.24, 2.45) is 0 Å². The van der Waals surface area contributed by atoms with E-state index in [0.717, 1.165) is 11.3 Å². The first-order valence-electron chi connectivity index (χ1n) is 7.32. The van der Waals surface area contributed by atoms with Gasteiger partial charge in [0.15, 0.2) is 5.60 Å². The van der Waals surface area contributed by atoms with Crippen molar-refractivity contribution in [1.82, 2.24) is 0 Å². The molecule has 0 spiro atoms. The second-order valence-corrected chi connectivity index (χ2v) is 5.22. The maximum Gasteiger partial charge on any atom is 0.340 e. The van der Waals surface area contributed by atoms with E-state index < -0.39 is 17.6 Å². The highest BCUT2D eigenvalue weighted by Crippen LogP contribution is 2.31. The third kappa shape index (κ3) is 3.65. The molecule has 0 saturated carbocycles. The lowest BCUT2D eigenvalue weighted by Crippen LogP contribution is -2.46. The average Bonchev–Trinajstić information content (AvgIpc) is 2.54. The first kappa shape index (κ1) is 16.0. The fourth-order valence-corrected chi connectivity index (χ4v) is 2.29. The second kappa shape index (κ2) is 7.09. The number of hydrogen-bond acceptors (Lipinski definition) is 4.